The Balaban J connectivity index is 2.21. The molecule has 0 aliphatic heterocycles. The highest BCUT2D eigenvalue weighted by atomic mass is 35.5. The summed E-state index contributed by atoms with van der Waals surface area (Å²) < 4.78 is 69.2. The van der Waals surface area contributed by atoms with Crippen molar-refractivity contribution in [2.24, 2.45) is 7.05 Å². The van der Waals surface area contributed by atoms with Crippen molar-refractivity contribution in [2.45, 2.75) is 6.18 Å². The van der Waals surface area contributed by atoms with Gasteiger partial charge in [0, 0.05) is 19.2 Å². The molecule has 34 heavy (non-hydrogen) atoms. The number of hydrogen-bond acceptors (Lipinski definition) is 8. The number of rotatable bonds is 5. The minimum Gasteiger partial charge on any atom is -0.467 e. The van der Waals surface area contributed by atoms with Gasteiger partial charge in [0.15, 0.2) is 0 Å². The molecule has 0 N–H and O–H groups in total. The van der Waals surface area contributed by atoms with Crippen LogP contribution in [0.15, 0.2) is 34.0 Å². The Labute approximate surface area is 191 Å². The highest BCUT2D eigenvalue weighted by molar-refractivity contribution is 6.32. The first kappa shape index (κ1) is 24.7. The van der Waals surface area contributed by atoms with Crippen LogP contribution < -0.4 is 20.7 Å². The Morgan fingerprint density at radius 2 is 1.82 bits per heavy atom. The summed E-state index contributed by atoms with van der Waals surface area (Å²) in [4.78, 5) is 44.4. The van der Waals surface area contributed by atoms with Gasteiger partial charge in [0.2, 0.25) is 5.88 Å². The molecule has 2 heterocycles. The zero-order valence-electron chi connectivity index (χ0n) is 17.4. The third-order valence-electron chi connectivity index (χ3n) is 4.38. The topological polar surface area (TPSA) is 115 Å². The van der Waals surface area contributed by atoms with Gasteiger partial charge in [-0.3, -0.25) is 9.36 Å². The lowest BCUT2D eigenvalue weighted by Crippen LogP contribution is -2.41. The molecule has 0 spiro atoms. The van der Waals surface area contributed by atoms with E-state index < -0.39 is 52.2 Å². The Hall–Kier alpha value is -3.94. The first-order chi connectivity index (χ1) is 15.9. The summed E-state index contributed by atoms with van der Waals surface area (Å²) in [5, 5.41) is -0.383. The van der Waals surface area contributed by atoms with Crippen LogP contribution in [0.5, 0.6) is 17.6 Å². The second-order valence-electron chi connectivity index (χ2n) is 6.45. The Morgan fingerprint density at radius 3 is 2.41 bits per heavy atom. The van der Waals surface area contributed by atoms with Crippen molar-refractivity contribution in [1.82, 2.24) is 19.1 Å². The quantitative estimate of drug-likeness (QED) is 0.385. The number of esters is 1. The van der Waals surface area contributed by atoms with Gasteiger partial charge >= 0.3 is 23.8 Å². The van der Waals surface area contributed by atoms with Crippen molar-refractivity contribution < 1.29 is 36.6 Å². The van der Waals surface area contributed by atoms with Gasteiger partial charge in [-0.05, 0) is 6.07 Å². The van der Waals surface area contributed by atoms with E-state index in [4.69, 9.17) is 21.1 Å². The van der Waals surface area contributed by atoms with Crippen LogP contribution in [0.3, 0.4) is 0 Å². The van der Waals surface area contributed by atoms with Crippen molar-refractivity contribution in [3.63, 3.8) is 0 Å². The molecule has 0 aliphatic rings. The highest BCUT2D eigenvalue weighted by Gasteiger charge is 2.35. The number of aromatic nitrogens is 4. The number of benzene rings is 1. The highest BCUT2D eigenvalue weighted by Crippen LogP contribution is 2.34. The predicted octanol–water partition coefficient (Wildman–Crippen LogP) is 2.73. The standard InChI is InChI=1S/C19H13ClF4N4O6/c1-27-13(19(22,23)24)6-14(29)28(18(27)31)11-5-12(9(20)4-10(11)21)34-15-8(16(30)32-2)7-25-17(26-15)33-3/h4-7H,1-3H3. The summed E-state index contributed by atoms with van der Waals surface area (Å²) in [5.41, 5.74) is -5.51. The summed E-state index contributed by atoms with van der Waals surface area (Å²) in [5.74, 6) is -2.97. The van der Waals surface area contributed by atoms with Crippen LogP contribution in [-0.4, -0.2) is 39.3 Å². The van der Waals surface area contributed by atoms with E-state index in [0.717, 1.165) is 26.4 Å². The molecule has 0 bridgehead atoms. The number of methoxy groups -OCH3 is 2. The molecule has 0 fully saturated rings. The lowest BCUT2D eigenvalue weighted by molar-refractivity contribution is -0.144. The van der Waals surface area contributed by atoms with Crippen LogP contribution >= 0.6 is 11.6 Å². The maximum Gasteiger partial charge on any atom is 0.431 e. The molecule has 10 nitrogen and oxygen atoms in total. The molecule has 0 aliphatic carbocycles. The number of carbonyl (C=O) groups is 1. The van der Waals surface area contributed by atoms with Crippen LogP contribution in [0, 0.1) is 5.82 Å². The molecule has 3 aromatic rings. The Kier molecular flexibility index (Phi) is 6.63. The smallest absolute Gasteiger partial charge is 0.431 e. The molecule has 1 aromatic carbocycles. The van der Waals surface area contributed by atoms with E-state index in [1.54, 1.807) is 0 Å². The molecule has 0 saturated carbocycles. The first-order valence-corrected chi connectivity index (χ1v) is 9.33. The van der Waals surface area contributed by atoms with Crippen molar-refractivity contribution >= 4 is 17.6 Å². The van der Waals surface area contributed by atoms with Gasteiger partial charge < -0.3 is 14.2 Å². The third kappa shape index (κ3) is 4.57. The fraction of sp³-hybridized carbons (Fsp3) is 0.211. The average Bonchev–Trinajstić information content (AvgIpc) is 2.77. The van der Waals surface area contributed by atoms with Gasteiger partial charge in [0.05, 0.1) is 31.1 Å². The summed E-state index contributed by atoms with van der Waals surface area (Å²) in [6.45, 7) is 0. The Bertz CT molecular complexity index is 1400. The van der Waals surface area contributed by atoms with Crippen molar-refractivity contribution in [3.05, 3.63) is 67.3 Å². The maximum atomic E-state index is 14.7. The van der Waals surface area contributed by atoms with Crippen molar-refractivity contribution in [1.29, 1.82) is 0 Å². The number of ether oxygens (including phenoxy) is 3. The minimum atomic E-state index is -5.00. The molecule has 180 valence electrons. The van der Waals surface area contributed by atoms with E-state index in [0.29, 0.717) is 6.07 Å². The van der Waals surface area contributed by atoms with Crippen molar-refractivity contribution in [2.75, 3.05) is 14.2 Å². The van der Waals surface area contributed by atoms with Crippen LogP contribution in [0.4, 0.5) is 17.6 Å². The Morgan fingerprint density at radius 1 is 1.15 bits per heavy atom. The third-order valence-corrected chi connectivity index (χ3v) is 4.67. The van der Waals surface area contributed by atoms with E-state index in [-0.39, 0.29) is 31.8 Å². The van der Waals surface area contributed by atoms with Gasteiger partial charge in [0.1, 0.15) is 22.8 Å². The molecule has 0 atom stereocenters. The second kappa shape index (κ2) is 9.13. The lowest BCUT2D eigenvalue weighted by Gasteiger charge is -2.16. The van der Waals surface area contributed by atoms with Crippen molar-refractivity contribution in [3.8, 4) is 23.3 Å². The fourth-order valence-corrected chi connectivity index (χ4v) is 2.96. The number of nitrogens with zero attached hydrogens (tertiary/aromatic N) is 4. The lowest BCUT2D eigenvalue weighted by atomic mass is 10.2. The van der Waals surface area contributed by atoms with E-state index >= 15 is 0 Å². The molecule has 0 amide bonds. The second-order valence-corrected chi connectivity index (χ2v) is 6.85. The zero-order valence-corrected chi connectivity index (χ0v) is 18.2. The van der Waals surface area contributed by atoms with Gasteiger partial charge in [-0.2, -0.15) is 18.2 Å². The number of alkyl halides is 3. The molecule has 2 aromatic heterocycles. The molecule has 0 radical (unpaired) electrons. The fourth-order valence-electron chi connectivity index (χ4n) is 2.77. The molecular weight excluding hydrogens is 492 g/mol. The summed E-state index contributed by atoms with van der Waals surface area (Å²) in [6, 6.07) is 1.35. The van der Waals surface area contributed by atoms with Gasteiger partial charge in [0.25, 0.3) is 5.56 Å². The van der Waals surface area contributed by atoms with Crippen LogP contribution in [0.2, 0.25) is 5.02 Å². The SMILES string of the molecule is COC(=O)c1cnc(OC)nc1Oc1cc(-n2c(=O)cc(C(F)(F)F)n(C)c2=O)c(F)cc1Cl. The molecule has 3 rings (SSSR count). The monoisotopic (exact) mass is 504 g/mol. The summed E-state index contributed by atoms with van der Waals surface area (Å²) in [6.07, 6.45) is -3.99. The summed E-state index contributed by atoms with van der Waals surface area (Å²) in [7, 11) is 3.07. The average molecular weight is 505 g/mol. The molecule has 0 saturated heterocycles. The number of halogens is 5. The van der Waals surface area contributed by atoms with Gasteiger partial charge in [-0.15, -0.1) is 0 Å². The molecular formula is C19H13ClF4N4O6. The van der Waals surface area contributed by atoms with Crippen LogP contribution in [-0.2, 0) is 18.0 Å². The van der Waals surface area contributed by atoms with E-state index in [1.165, 1.54) is 7.11 Å². The predicted molar refractivity (Wildman–Crippen MR) is 107 cm³/mol. The minimum absolute atomic E-state index is 0.140. The number of hydrogen-bond donors (Lipinski definition) is 0. The largest absolute Gasteiger partial charge is 0.467 e. The van der Waals surface area contributed by atoms with E-state index in [1.807, 2.05) is 0 Å². The van der Waals surface area contributed by atoms with Crippen LogP contribution in [0.1, 0.15) is 16.1 Å². The van der Waals surface area contributed by atoms with E-state index in [2.05, 4.69) is 14.7 Å². The van der Waals surface area contributed by atoms with Gasteiger partial charge in [-0.25, -0.2) is 23.5 Å². The normalized spacial score (nSPS) is 11.3. The summed E-state index contributed by atoms with van der Waals surface area (Å²) >= 11 is 6.00. The van der Waals surface area contributed by atoms with E-state index in [9.17, 15) is 31.9 Å². The molecule has 0 unspecified atom stereocenters. The van der Waals surface area contributed by atoms with Crippen LogP contribution in [0.25, 0.3) is 5.69 Å². The molecule has 15 heteroatoms. The maximum absolute atomic E-state index is 14.7. The van der Waals surface area contributed by atoms with Gasteiger partial charge in [-0.1, -0.05) is 11.6 Å². The number of carbonyl (C=O) groups excluding carboxylic acids is 1. The zero-order chi connectivity index (χ0) is 25.4. The first-order valence-electron chi connectivity index (χ1n) is 8.96.